The van der Waals surface area contributed by atoms with Crippen molar-refractivity contribution in [1.29, 1.82) is 0 Å². The largest absolute Gasteiger partial charge is 0.409 e. The van der Waals surface area contributed by atoms with Crippen LogP contribution in [0, 0.1) is 5.82 Å². The Morgan fingerprint density at radius 2 is 2.14 bits per heavy atom. The Kier molecular flexibility index (Phi) is 4.62. The molecular weight excluding hydrogens is 344 g/mol. The molecule has 0 aromatic heterocycles. The maximum absolute atomic E-state index is 13.7. The maximum Gasteiger partial charge on any atom is 0.245 e. The average molecular weight is 356 g/mol. The van der Waals surface area contributed by atoms with Gasteiger partial charge in [0, 0.05) is 6.54 Å². The second-order valence-corrected chi connectivity index (χ2v) is 7.12. The molecule has 10 heteroatoms. The summed E-state index contributed by atoms with van der Waals surface area (Å²) in [7, 11) is -4.08. The number of amidine groups is 1. The third-order valence-electron chi connectivity index (χ3n) is 3.25. The van der Waals surface area contributed by atoms with Gasteiger partial charge >= 0.3 is 0 Å². The highest BCUT2D eigenvalue weighted by atomic mass is 35.5. The highest BCUT2D eigenvalue weighted by Crippen LogP contribution is 2.34. The molecule has 3 N–H and O–H groups in total. The van der Waals surface area contributed by atoms with Gasteiger partial charge in [0.15, 0.2) is 11.7 Å². The molecule has 6 nitrogen and oxygen atoms in total. The summed E-state index contributed by atoms with van der Waals surface area (Å²) in [6, 6.07) is 1.46. The summed E-state index contributed by atoms with van der Waals surface area (Å²) < 4.78 is 39.9. The minimum atomic E-state index is -4.08. The van der Waals surface area contributed by atoms with Gasteiger partial charge in [-0.05, 0) is 25.0 Å². The van der Waals surface area contributed by atoms with Crippen LogP contribution in [0.5, 0.6) is 0 Å². The molecule has 1 atom stereocenters. The van der Waals surface area contributed by atoms with Gasteiger partial charge in [-0.2, -0.15) is 4.31 Å². The van der Waals surface area contributed by atoms with E-state index >= 15 is 0 Å². The molecular formula is C11H12Cl2FN3O3S. The lowest BCUT2D eigenvalue weighted by Crippen LogP contribution is -2.43. The van der Waals surface area contributed by atoms with Crippen LogP contribution in [0.1, 0.15) is 12.8 Å². The number of oxime groups is 1. The van der Waals surface area contributed by atoms with Gasteiger partial charge in [-0.25, -0.2) is 12.8 Å². The van der Waals surface area contributed by atoms with Crippen molar-refractivity contribution in [3.8, 4) is 0 Å². The quantitative estimate of drug-likeness (QED) is 0.285. The molecule has 1 aromatic rings. The number of benzene rings is 1. The first-order valence-corrected chi connectivity index (χ1v) is 8.13. The molecule has 1 heterocycles. The molecule has 0 bridgehead atoms. The second-order valence-electron chi connectivity index (χ2n) is 4.47. The number of halogens is 3. The van der Waals surface area contributed by atoms with Crippen molar-refractivity contribution in [3.05, 3.63) is 28.0 Å². The van der Waals surface area contributed by atoms with Gasteiger partial charge < -0.3 is 10.9 Å². The van der Waals surface area contributed by atoms with E-state index in [0.29, 0.717) is 12.8 Å². The second kappa shape index (κ2) is 5.96. The zero-order valence-corrected chi connectivity index (χ0v) is 13.0. The van der Waals surface area contributed by atoms with Crippen LogP contribution in [0.2, 0.25) is 10.0 Å². The van der Waals surface area contributed by atoms with Crippen LogP contribution >= 0.6 is 23.2 Å². The molecule has 1 fully saturated rings. The van der Waals surface area contributed by atoms with Gasteiger partial charge in [-0.1, -0.05) is 28.4 Å². The smallest absolute Gasteiger partial charge is 0.245 e. The molecule has 1 saturated heterocycles. The zero-order chi connectivity index (χ0) is 15.8. The Hall–Kier alpha value is -1.09. The lowest BCUT2D eigenvalue weighted by Gasteiger charge is -2.23. The zero-order valence-electron chi connectivity index (χ0n) is 10.6. The molecule has 0 amide bonds. The van der Waals surface area contributed by atoms with Crippen LogP contribution in [-0.2, 0) is 10.0 Å². The highest BCUT2D eigenvalue weighted by molar-refractivity contribution is 7.89. The monoisotopic (exact) mass is 355 g/mol. The fraction of sp³-hybridized carbons (Fsp3) is 0.364. The fourth-order valence-electron chi connectivity index (χ4n) is 2.22. The Balaban J connectivity index is 2.50. The van der Waals surface area contributed by atoms with Crippen molar-refractivity contribution in [3.63, 3.8) is 0 Å². The van der Waals surface area contributed by atoms with E-state index in [4.69, 9.17) is 34.1 Å². The van der Waals surface area contributed by atoms with Gasteiger partial charge in [0.1, 0.15) is 4.90 Å². The summed E-state index contributed by atoms with van der Waals surface area (Å²) in [5.74, 6) is -1.22. The molecule has 1 unspecified atom stereocenters. The van der Waals surface area contributed by atoms with Crippen molar-refractivity contribution in [2.45, 2.75) is 23.8 Å². The normalized spacial score (nSPS) is 20.9. The first-order chi connectivity index (χ1) is 9.80. The van der Waals surface area contributed by atoms with Crippen molar-refractivity contribution in [2.75, 3.05) is 6.54 Å². The van der Waals surface area contributed by atoms with Crippen LogP contribution < -0.4 is 5.73 Å². The van der Waals surface area contributed by atoms with Crippen LogP contribution in [0.3, 0.4) is 0 Å². The van der Waals surface area contributed by atoms with Crippen LogP contribution in [-0.4, -0.2) is 36.4 Å². The summed E-state index contributed by atoms with van der Waals surface area (Å²) in [5, 5.41) is 10.7. The number of hydrogen-bond acceptors (Lipinski definition) is 4. The van der Waals surface area contributed by atoms with Gasteiger partial charge in [0.25, 0.3) is 0 Å². The minimum absolute atomic E-state index is 0.170. The maximum atomic E-state index is 13.7. The van der Waals surface area contributed by atoms with Gasteiger partial charge in [-0.15, -0.1) is 0 Å². The summed E-state index contributed by atoms with van der Waals surface area (Å²) in [6.45, 7) is 0.170. The van der Waals surface area contributed by atoms with E-state index < -0.39 is 31.8 Å². The number of sulfonamides is 1. The standard InChI is InChI=1S/C11H12Cl2FN3O3S/c12-6-3-4-8(9(13)10(6)14)21(19,20)17-5-1-2-7(17)11(15)16-18/h3-4,7,18H,1-2,5H2,(H2,15,16). The Morgan fingerprint density at radius 1 is 1.48 bits per heavy atom. The molecule has 1 aliphatic rings. The SMILES string of the molecule is N/C(=N/O)C1CCCN1S(=O)(=O)c1ccc(Cl)c(F)c1Cl. The molecule has 1 aromatic carbocycles. The van der Waals surface area contributed by atoms with E-state index in [0.717, 1.165) is 16.4 Å². The third kappa shape index (κ3) is 2.80. The van der Waals surface area contributed by atoms with E-state index in [9.17, 15) is 12.8 Å². The van der Waals surface area contributed by atoms with Crippen LogP contribution in [0.4, 0.5) is 4.39 Å². The van der Waals surface area contributed by atoms with Crippen molar-refractivity contribution in [1.82, 2.24) is 4.31 Å². The highest BCUT2D eigenvalue weighted by Gasteiger charge is 2.39. The minimum Gasteiger partial charge on any atom is -0.409 e. The van der Waals surface area contributed by atoms with E-state index in [1.165, 1.54) is 0 Å². The van der Waals surface area contributed by atoms with E-state index in [1.807, 2.05) is 0 Å². The number of rotatable bonds is 3. The molecule has 116 valence electrons. The predicted molar refractivity (Wildman–Crippen MR) is 76.7 cm³/mol. The molecule has 0 radical (unpaired) electrons. The lowest BCUT2D eigenvalue weighted by atomic mass is 10.2. The summed E-state index contributed by atoms with van der Waals surface area (Å²) in [6.07, 6.45) is 0.941. The summed E-state index contributed by atoms with van der Waals surface area (Å²) in [4.78, 5) is -0.399. The van der Waals surface area contributed by atoms with E-state index in [1.54, 1.807) is 0 Å². The first-order valence-electron chi connectivity index (χ1n) is 5.93. The Morgan fingerprint density at radius 3 is 2.76 bits per heavy atom. The van der Waals surface area contributed by atoms with Crippen molar-refractivity contribution >= 4 is 39.1 Å². The van der Waals surface area contributed by atoms with E-state index in [-0.39, 0.29) is 17.4 Å². The third-order valence-corrected chi connectivity index (χ3v) is 5.97. The summed E-state index contributed by atoms with van der Waals surface area (Å²) in [5.41, 5.74) is 5.50. The van der Waals surface area contributed by atoms with Crippen molar-refractivity contribution < 1.29 is 18.0 Å². The lowest BCUT2D eigenvalue weighted by molar-refractivity contribution is 0.311. The van der Waals surface area contributed by atoms with Crippen LogP contribution in [0.15, 0.2) is 22.2 Å². The molecule has 2 rings (SSSR count). The molecule has 0 saturated carbocycles. The van der Waals surface area contributed by atoms with Crippen molar-refractivity contribution in [2.24, 2.45) is 10.9 Å². The Bertz CT molecular complexity index is 696. The van der Waals surface area contributed by atoms with E-state index in [2.05, 4.69) is 5.16 Å². The molecule has 1 aliphatic heterocycles. The van der Waals surface area contributed by atoms with Gasteiger partial charge in [0.2, 0.25) is 10.0 Å². The molecule has 0 spiro atoms. The van der Waals surface area contributed by atoms with Gasteiger partial charge in [-0.3, -0.25) is 0 Å². The average Bonchev–Trinajstić information content (AvgIpc) is 2.94. The molecule has 0 aliphatic carbocycles. The van der Waals surface area contributed by atoms with Crippen LogP contribution in [0.25, 0.3) is 0 Å². The van der Waals surface area contributed by atoms with Gasteiger partial charge in [0.05, 0.1) is 16.1 Å². The topological polar surface area (TPSA) is 96.0 Å². The number of nitrogens with two attached hydrogens (primary N) is 1. The number of hydrogen-bond donors (Lipinski definition) is 2. The Labute approximate surface area is 131 Å². The first kappa shape index (κ1) is 16.3. The molecule has 21 heavy (non-hydrogen) atoms. The summed E-state index contributed by atoms with van der Waals surface area (Å²) >= 11 is 11.3. The fourth-order valence-corrected chi connectivity index (χ4v) is 4.61. The predicted octanol–water partition coefficient (Wildman–Crippen LogP) is 2.03. The number of nitrogens with zero attached hydrogens (tertiary/aromatic N) is 2.